The van der Waals surface area contributed by atoms with Gasteiger partial charge in [0.1, 0.15) is 4.83 Å². The van der Waals surface area contributed by atoms with Crippen LogP contribution < -0.4 is 0 Å². The maximum atomic E-state index is 12.9. The highest BCUT2D eigenvalue weighted by atomic mass is 35.5. The van der Waals surface area contributed by atoms with Crippen molar-refractivity contribution in [2.45, 2.75) is 26.5 Å². The van der Waals surface area contributed by atoms with Gasteiger partial charge in [0.2, 0.25) is 0 Å². The van der Waals surface area contributed by atoms with E-state index >= 15 is 0 Å². The number of thiophene rings is 1. The maximum Gasteiger partial charge on any atom is 0.264 e. The normalized spacial score (nSPS) is 17.8. The molecular weight excluding hydrogens is 370 g/mol. The molecule has 5 nitrogen and oxygen atoms in total. The van der Waals surface area contributed by atoms with Gasteiger partial charge in [0.15, 0.2) is 0 Å². The minimum atomic E-state index is 0.0741. The molecule has 0 N–H and O–H groups in total. The van der Waals surface area contributed by atoms with Crippen molar-refractivity contribution in [1.82, 2.24) is 14.7 Å². The summed E-state index contributed by atoms with van der Waals surface area (Å²) in [6, 6.07) is 9.74. The third kappa shape index (κ3) is 3.24. The smallest absolute Gasteiger partial charge is 0.264 e. The van der Waals surface area contributed by atoms with Crippen LogP contribution in [-0.4, -0.2) is 46.4 Å². The Hall–Kier alpha value is -1.89. The molecule has 26 heavy (non-hydrogen) atoms. The summed E-state index contributed by atoms with van der Waals surface area (Å²) < 4.78 is 7.48. The summed E-state index contributed by atoms with van der Waals surface area (Å²) >= 11 is 7.79. The second-order valence-corrected chi connectivity index (χ2v) is 8.03. The topological polar surface area (TPSA) is 47.4 Å². The largest absolute Gasteiger partial charge is 0.375 e. The SMILES string of the molecule is Cc1nn(Cc2ccccc2Cl)c2sc(C(=O)N3CCO[C@@H](C)C3)cc12. The summed E-state index contributed by atoms with van der Waals surface area (Å²) in [4.78, 5) is 16.5. The highest BCUT2D eigenvalue weighted by Gasteiger charge is 2.25. The Balaban J connectivity index is 1.65. The fourth-order valence-corrected chi connectivity index (χ4v) is 4.60. The van der Waals surface area contributed by atoms with Crippen LogP contribution in [0.1, 0.15) is 27.9 Å². The molecular formula is C19H20ClN3O2S. The molecule has 3 heterocycles. The van der Waals surface area contributed by atoms with E-state index < -0.39 is 0 Å². The lowest BCUT2D eigenvalue weighted by atomic mass is 10.2. The lowest BCUT2D eigenvalue weighted by Gasteiger charge is -2.30. The van der Waals surface area contributed by atoms with Crippen molar-refractivity contribution in [2.75, 3.05) is 19.7 Å². The first-order valence-electron chi connectivity index (χ1n) is 8.64. The van der Waals surface area contributed by atoms with Gasteiger partial charge in [-0.15, -0.1) is 11.3 Å². The number of rotatable bonds is 3. The number of hydrogen-bond donors (Lipinski definition) is 0. The van der Waals surface area contributed by atoms with Crippen LogP contribution in [0, 0.1) is 6.92 Å². The minimum absolute atomic E-state index is 0.0741. The van der Waals surface area contributed by atoms with E-state index in [9.17, 15) is 4.79 Å². The zero-order valence-corrected chi connectivity index (χ0v) is 16.3. The molecule has 1 atom stereocenters. The first kappa shape index (κ1) is 17.5. The number of aromatic nitrogens is 2. The van der Waals surface area contributed by atoms with Gasteiger partial charge in [-0.3, -0.25) is 9.48 Å². The predicted octanol–water partition coefficient (Wildman–Crippen LogP) is 3.97. The highest BCUT2D eigenvalue weighted by molar-refractivity contribution is 7.20. The molecule has 1 aromatic carbocycles. The van der Waals surface area contributed by atoms with Crippen LogP contribution in [-0.2, 0) is 11.3 Å². The summed E-state index contributed by atoms with van der Waals surface area (Å²) in [6.45, 7) is 6.43. The molecule has 3 aromatic rings. The standard InChI is InChI=1S/C19H20ClN3O2S/c1-12-10-22(7-8-25-12)18(24)17-9-15-13(2)21-23(19(15)26-17)11-14-5-3-4-6-16(14)20/h3-6,9,12H,7-8,10-11H2,1-2H3/t12-/m0/s1. The molecule has 0 bridgehead atoms. The van der Waals surface area contributed by atoms with Gasteiger partial charge >= 0.3 is 0 Å². The van der Waals surface area contributed by atoms with E-state index in [0.717, 1.165) is 31.4 Å². The number of carbonyl (C=O) groups excluding carboxylic acids is 1. The molecule has 4 rings (SSSR count). The number of benzene rings is 1. The summed E-state index contributed by atoms with van der Waals surface area (Å²) in [5.41, 5.74) is 1.94. The van der Waals surface area contributed by atoms with E-state index in [1.165, 1.54) is 11.3 Å². The predicted molar refractivity (Wildman–Crippen MR) is 104 cm³/mol. The van der Waals surface area contributed by atoms with E-state index in [0.29, 0.717) is 26.2 Å². The van der Waals surface area contributed by atoms with Gasteiger partial charge in [0.05, 0.1) is 29.8 Å². The van der Waals surface area contributed by atoms with Crippen LogP contribution in [0.15, 0.2) is 30.3 Å². The van der Waals surface area contributed by atoms with Crippen LogP contribution in [0.25, 0.3) is 10.2 Å². The third-order valence-corrected chi connectivity index (χ3v) is 6.13. The Morgan fingerprint density at radius 1 is 1.42 bits per heavy atom. The first-order chi connectivity index (χ1) is 12.5. The minimum Gasteiger partial charge on any atom is -0.375 e. The maximum absolute atomic E-state index is 12.9. The lowest BCUT2D eigenvalue weighted by molar-refractivity contribution is -0.0122. The number of fused-ring (bicyclic) bond motifs is 1. The van der Waals surface area contributed by atoms with Gasteiger partial charge in [-0.25, -0.2) is 0 Å². The quantitative estimate of drug-likeness (QED) is 0.681. The van der Waals surface area contributed by atoms with Gasteiger partial charge in [0.25, 0.3) is 5.91 Å². The molecule has 1 aliphatic heterocycles. The van der Waals surface area contributed by atoms with Crippen molar-refractivity contribution >= 4 is 39.1 Å². The Morgan fingerprint density at radius 3 is 3.00 bits per heavy atom. The number of morpholine rings is 1. The number of hydrogen-bond acceptors (Lipinski definition) is 4. The van der Waals surface area contributed by atoms with Crippen LogP contribution in [0.3, 0.4) is 0 Å². The number of aryl methyl sites for hydroxylation is 1. The fourth-order valence-electron chi connectivity index (χ4n) is 3.27. The Bertz CT molecular complexity index is 965. The Labute approximate surface area is 161 Å². The zero-order chi connectivity index (χ0) is 18.3. The van der Waals surface area contributed by atoms with Gasteiger partial charge in [-0.2, -0.15) is 5.10 Å². The van der Waals surface area contributed by atoms with Crippen molar-refractivity contribution < 1.29 is 9.53 Å². The van der Waals surface area contributed by atoms with Crippen molar-refractivity contribution in [2.24, 2.45) is 0 Å². The molecule has 1 saturated heterocycles. The number of amides is 1. The van der Waals surface area contributed by atoms with Crippen LogP contribution in [0.5, 0.6) is 0 Å². The molecule has 1 aliphatic rings. The fraction of sp³-hybridized carbons (Fsp3) is 0.368. The van der Waals surface area contributed by atoms with Crippen LogP contribution in [0.4, 0.5) is 0 Å². The molecule has 0 spiro atoms. The summed E-state index contributed by atoms with van der Waals surface area (Å²) in [6.07, 6.45) is 0.0829. The molecule has 136 valence electrons. The summed E-state index contributed by atoms with van der Waals surface area (Å²) in [5.74, 6) is 0.0741. The zero-order valence-electron chi connectivity index (χ0n) is 14.7. The van der Waals surface area contributed by atoms with Crippen molar-refractivity contribution in [1.29, 1.82) is 0 Å². The highest BCUT2D eigenvalue weighted by Crippen LogP contribution is 2.30. The first-order valence-corrected chi connectivity index (χ1v) is 9.83. The van der Waals surface area contributed by atoms with Crippen molar-refractivity contribution in [3.8, 4) is 0 Å². The molecule has 0 saturated carbocycles. The molecule has 2 aromatic heterocycles. The van der Waals surface area contributed by atoms with E-state index in [1.807, 2.05) is 53.8 Å². The average molecular weight is 390 g/mol. The molecule has 1 fully saturated rings. The second-order valence-electron chi connectivity index (χ2n) is 6.60. The van der Waals surface area contributed by atoms with Gasteiger partial charge < -0.3 is 9.64 Å². The van der Waals surface area contributed by atoms with E-state index in [-0.39, 0.29) is 12.0 Å². The van der Waals surface area contributed by atoms with Crippen molar-refractivity contribution in [3.63, 3.8) is 0 Å². The Morgan fingerprint density at radius 2 is 2.23 bits per heavy atom. The number of nitrogens with zero attached hydrogens (tertiary/aromatic N) is 3. The molecule has 0 radical (unpaired) electrons. The third-order valence-electron chi connectivity index (χ3n) is 4.62. The van der Waals surface area contributed by atoms with Gasteiger partial charge in [-0.05, 0) is 31.5 Å². The number of halogens is 1. The average Bonchev–Trinajstić information content (AvgIpc) is 3.18. The van der Waals surface area contributed by atoms with E-state index in [2.05, 4.69) is 5.10 Å². The monoisotopic (exact) mass is 389 g/mol. The van der Waals surface area contributed by atoms with E-state index in [4.69, 9.17) is 16.3 Å². The lowest BCUT2D eigenvalue weighted by Crippen LogP contribution is -2.44. The molecule has 0 aliphatic carbocycles. The molecule has 7 heteroatoms. The summed E-state index contributed by atoms with van der Waals surface area (Å²) in [7, 11) is 0. The van der Waals surface area contributed by atoms with E-state index in [1.54, 1.807) is 0 Å². The molecule has 0 unspecified atom stereocenters. The second kappa shape index (κ2) is 7.02. The number of ether oxygens (including phenoxy) is 1. The summed E-state index contributed by atoms with van der Waals surface area (Å²) in [5, 5.41) is 6.39. The van der Waals surface area contributed by atoms with Gasteiger partial charge in [0, 0.05) is 23.5 Å². The van der Waals surface area contributed by atoms with Crippen molar-refractivity contribution in [3.05, 3.63) is 51.5 Å². The Kier molecular flexibility index (Phi) is 4.73. The molecule has 1 amide bonds. The number of carbonyl (C=O) groups is 1. The van der Waals surface area contributed by atoms with Gasteiger partial charge in [-0.1, -0.05) is 29.8 Å². The van der Waals surface area contributed by atoms with Crippen LogP contribution >= 0.6 is 22.9 Å². The van der Waals surface area contributed by atoms with Crippen LogP contribution in [0.2, 0.25) is 5.02 Å².